The molecule has 0 aromatic heterocycles. The molecule has 1 rings (SSSR count). The third kappa shape index (κ3) is 4.37. The van der Waals surface area contributed by atoms with Crippen LogP contribution in [0, 0.1) is 6.92 Å². The first-order valence-corrected chi connectivity index (χ1v) is 6.39. The van der Waals surface area contributed by atoms with E-state index in [4.69, 9.17) is 10.5 Å². The van der Waals surface area contributed by atoms with Gasteiger partial charge in [0.1, 0.15) is 6.61 Å². The highest BCUT2D eigenvalue weighted by atomic mass is 16.5. The number of carbonyl (C=O) groups is 1. The second kappa shape index (κ2) is 7.71. The fraction of sp³-hybridized carbons (Fsp3) is 0.500. The number of aryl methyl sites for hydroxylation is 1. The van der Waals surface area contributed by atoms with Crippen molar-refractivity contribution in [3.05, 3.63) is 29.3 Å². The van der Waals surface area contributed by atoms with Gasteiger partial charge in [-0.2, -0.15) is 0 Å². The summed E-state index contributed by atoms with van der Waals surface area (Å²) in [6.45, 7) is 6.00. The van der Waals surface area contributed by atoms with Gasteiger partial charge in [-0.15, -0.1) is 0 Å². The van der Waals surface area contributed by atoms with Crippen LogP contribution in [0.15, 0.2) is 18.2 Å². The predicted octanol–water partition coefficient (Wildman–Crippen LogP) is 2.12. The summed E-state index contributed by atoms with van der Waals surface area (Å²) in [4.78, 5) is 11.8. The van der Waals surface area contributed by atoms with Crippen molar-refractivity contribution < 1.29 is 9.53 Å². The van der Waals surface area contributed by atoms with Crippen molar-refractivity contribution in [1.29, 1.82) is 0 Å². The van der Waals surface area contributed by atoms with Gasteiger partial charge in [-0.25, -0.2) is 4.79 Å². The normalized spacial score (nSPS) is 10.3. The fourth-order valence-corrected chi connectivity index (χ4v) is 1.68. The highest BCUT2D eigenvalue weighted by Gasteiger charge is 2.13. The highest BCUT2D eigenvalue weighted by molar-refractivity contribution is 5.96. The van der Waals surface area contributed by atoms with Crippen molar-refractivity contribution >= 4 is 11.7 Å². The van der Waals surface area contributed by atoms with E-state index in [0.717, 1.165) is 24.9 Å². The minimum Gasteiger partial charge on any atom is -0.461 e. The van der Waals surface area contributed by atoms with E-state index in [9.17, 15) is 4.79 Å². The van der Waals surface area contributed by atoms with Gasteiger partial charge < -0.3 is 15.8 Å². The summed E-state index contributed by atoms with van der Waals surface area (Å²) in [6, 6.07) is 5.39. The van der Waals surface area contributed by atoms with Gasteiger partial charge >= 0.3 is 5.97 Å². The van der Waals surface area contributed by atoms with Crippen molar-refractivity contribution in [3.63, 3.8) is 0 Å². The molecule has 0 heterocycles. The lowest BCUT2D eigenvalue weighted by Crippen LogP contribution is -2.22. The molecule has 4 heteroatoms. The predicted molar refractivity (Wildman–Crippen MR) is 73.7 cm³/mol. The smallest absolute Gasteiger partial charge is 0.340 e. The van der Waals surface area contributed by atoms with Crippen molar-refractivity contribution in [3.8, 4) is 0 Å². The van der Waals surface area contributed by atoms with E-state index in [1.165, 1.54) is 0 Å². The Morgan fingerprint density at radius 3 is 2.83 bits per heavy atom. The Morgan fingerprint density at radius 2 is 2.17 bits per heavy atom. The Kier molecular flexibility index (Phi) is 6.22. The van der Waals surface area contributed by atoms with Crippen LogP contribution in [0.5, 0.6) is 0 Å². The lowest BCUT2D eigenvalue weighted by atomic mass is 10.1. The Morgan fingerprint density at radius 1 is 1.39 bits per heavy atom. The van der Waals surface area contributed by atoms with Crippen LogP contribution in [0.1, 0.15) is 35.7 Å². The molecule has 0 spiro atoms. The number of benzene rings is 1. The Labute approximate surface area is 109 Å². The van der Waals surface area contributed by atoms with Crippen LogP contribution in [0.2, 0.25) is 0 Å². The molecule has 0 saturated carbocycles. The number of hydrogen-bond donors (Lipinski definition) is 2. The van der Waals surface area contributed by atoms with Gasteiger partial charge in [0.25, 0.3) is 0 Å². The van der Waals surface area contributed by atoms with Crippen LogP contribution >= 0.6 is 0 Å². The minimum atomic E-state index is -0.345. The Bertz CT molecular complexity index is 371. The van der Waals surface area contributed by atoms with E-state index in [-0.39, 0.29) is 5.97 Å². The summed E-state index contributed by atoms with van der Waals surface area (Å²) in [5.41, 5.74) is 7.57. The number of rotatable bonds is 7. The lowest BCUT2D eigenvalue weighted by Gasteiger charge is -2.09. The van der Waals surface area contributed by atoms with Gasteiger partial charge in [-0.1, -0.05) is 25.5 Å². The molecule has 0 saturated heterocycles. The molecule has 0 aliphatic heterocycles. The maximum absolute atomic E-state index is 11.8. The van der Waals surface area contributed by atoms with Crippen molar-refractivity contribution in [1.82, 2.24) is 5.32 Å². The summed E-state index contributed by atoms with van der Waals surface area (Å²) in [7, 11) is 0. The van der Waals surface area contributed by atoms with Crippen LogP contribution in [0.3, 0.4) is 0 Å². The fourth-order valence-electron chi connectivity index (χ4n) is 1.68. The molecule has 3 N–H and O–H groups in total. The molecule has 0 radical (unpaired) electrons. The molecule has 0 bridgehead atoms. The van der Waals surface area contributed by atoms with Crippen molar-refractivity contribution in [2.24, 2.45) is 0 Å². The Balaban J connectivity index is 2.37. The number of carbonyl (C=O) groups excluding carboxylic acids is 1. The van der Waals surface area contributed by atoms with Crippen LogP contribution in [0.25, 0.3) is 0 Å². The maximum Gasteiger partial charge on any atom is 0.340 e. The lowest BCUT2D eigenvalue weighted by molar-refractivity contribution is 0.0509. The van der Waals surface area contributed by atoms with Gasteiger partial charge in [0.2, 0.25) is 0 Å². The van der Waals surface area contributed by atoms with Gasteiger partial charge in [-0.05, 0) is 31.5 Å². The number of esters is 1. The summed E-state index contributed by atoms with van der Waals surface area (Å²) < 4.78 is 5.19. The van der Waals surface area contributed by atoms with Crippen molar-refractivity contribution in [2.75, 3.05) is 25.4 Å². The molecule has 0 aliphatic carbocycles. The first-order valence-electron chi connectivity index (χ1n) is 6.39. The van der Waals surface area contributed by atoms with Crippen LogP contribution in [-0.2, 0) is 4.74 Å². The maximum atomic E-state index is 11.8. The second-order valence-electron chi connectivity index (χ2n) is 4.28. The Hall–Kier alpha value is -1.55. The SMILES string of the molecule is CCCCNCCOC(=O)c1c(C)cccc1N. The molecule has 0 atom stereocenters. The minimum absolute atomic E-state index is 0.345. The summed E-state index contributed by atoms with van der Waals surface area (Å²) >= 11 is 0. The first kappa shape index (κ1) is 14.5. The standard InChI is InChI=1S/C14H22N2O2/c1-3-4-8-16-9-10-18-14(17)13-11(2)6-5-7-12(13)15/h5-7,16H,3-4,8-10,15H2,1-2H3. The number of nitrogens with two attached hydrogens (primary N) is 1. The van der Waals surface area contributed by atoms with Gasteiger partial charge in [0, 0.05) is 12.2 Å². The third-order valence-corrected chi connectivity index (χ3v) is 2.73. The number of nitrogen functional groups attached to an aromatic ring is 1. The monoisotopic (exact) mass is 250 g/mol. The van der Waals surface area contributed by atoms with Gasteiger partial charge in [0.05, 0.1) is 5.56 Å². The molecule has 4 nitrogen and oxygen atoms in total. The average Bonchev–Trinajstić information content (AvgIpc) is 2.33. The van der Waals surface area contributed by atoms with Gasteiger partial charge in [0.15, 0.2) is 0 Å². The average molecular weight is 250 g/mol. The zero-order valence-electron chi connectivity index (χ0n) is 11.2. The van der Waals surface area contributed by atoms with E-state index in [1.54, 1.807) is 6.07 Å². The molecule has 0 unspecified atom stereocenters. The molecule has 0 amide bonds. The number of ether oxygens (including phenoxy) is 1. The van der Waals surface area contributed by atoms with Crippen LogP contribution < -0.4 is 11.1 Å². The first-order chi connectivity index (χ1) is 8.66. The van der Waals surface area contributed by atoms with Crippen LogP contribution in [-0.4, -0.2) is 25.7 Å². The number of nitrogens with one attached hydrogen (secondary N) is 1. The van der Waals surface area contributed by atoms with E-state index in [2.05, 4.69) is 12.2 Å². The molecule has 100 valence electrons. The molecule has 18 heavy (non-hydrogen) atoms. The third-order valence-electron chi connectivity index (χ3n) is 2.73. The topological polar surface area (TPSA) is 64.3 Å². The largest absolute Gasteiger partial charge is 0.461 e. The zero-order valence-corrected chi connectivity index (χ0v) is 11.2. The van der Waals surface area contributed by atoms with Crippen LogP contribution in [0.4, 0.5) is 5.69 Å². The van der Waals surface area contributed by atoms with E-state index >= 15 is 0 Å². The molecular formula is C14H22N2O2. The number of unbranched alkanes of at least 4 members (excludes halogenated alkanes) is 1. The number of anilines is 1. The van der Waals surface area contributed by atoms with Crippen molar-refractivity contribution in [2.45, 2.75) is 26.7 Å². The molecule has 0 fully saturated rings. The summed E-state index contributed by atoms with van der Waals surface area (Å²) in [5, 5.41) is 3.21. The van der Waals surface area contributed by atoms with E-state index in [0.29, 0.717) is 24.4 Å². The van der Waals surface area contributed by atoms with E-state index in [1.807, 2.05) is 19.1 Å². The molecule has 0 aliphatic rings. The molecular weight excluding hydrogens is 228 g/mol. The highest BCUT2D eigenvalue weighted by Crippen LogP contribution is 2.17. The number of hydrogen-bond acceptors (Lipinski definition) is 4. The summed E-state index contributed by atoms with van der Waals surface area (Å²) in [5.74, 6) is -0.345. The van der Waals surface area contributed by atoms with Gasteiger partial charge in [-0.3, -0.25) is 0 Å². The quantitative estimate of drug-likeness (QED) is 0.442. The second-order valence-corrected chi connectivity index (χ2v) is 4.28. The molecule has 1 aromatic carbocycles. The molecule has 1 aromatic rings. The van der Waals surface area contributed by atoms with E-state index < -0.39 is 0 Å². The summed E-state index contributed by atoms with van der Waals surface area (Å²) in [6.07, 6.45) is 2.30. The zero-order chi connectivity index (χ0) is 13.4.